The minimum Gasteiger partial charge on any atom is -0.481 e. The van der Waals surface area contributed by atoms with E-state index in [2.05, 4.69) is 0 Å². The second-order valence-corrected chi connectivity index (χ2v) is 4.58. The van der Waals surface area contributed by atoms with Crippen LogP contribution in [0.1, 0.15) is 37.3 Å². The molecule has 0 saturated heterocycles. The van der Waals surface area contributed by atoms with Crippen molar-refractivity contribution in [1.29, 1.82) is 0 Å². The van der Waals surface area contributed by atoms with Gasteiger partial charge in [0.2, 0.25) is 0 Å². The molecule has 0 spiro atoms. The number of benzene rings is 1. The van der Waals surface area contributed by atoms with Crippen molar-refractivity contribution >= 4 is 5.97 Å². The first-order valence-corrected chi connectivity index (χ1v) is 6.23. The zero-order valence-electron chi connectivity index (χ0n) is 10.7. The molecule has 19 heavy (non-hydrogen) atoms. The lowest BCUT2D eigenvalue weighted by Gasteiger charge is -2.12. The highest BCUT2D eigenvalue weighted by Crippen LogP contribution is 2.29. The van der Waals surface area contributed by atoms with Gasteiger partial charge in [0.1, 0.15) is 0 Å². The largest absolute Gasteiger partial charge is 0.481 e. The van der Waals surface area contributed by atoms with Gasteiger partial charge in [0, 0.05) is 0 Å². The summed E-state index contributed by atoms with van der Waals surface area (Å²) in [7, 11) is 0. The van der Waals surface area contributed by atoms with E-state index < -0.39 is 23.6 Å². The van der Waals surface area contributed by atoms with Gasteiger partial charge in [-0.15, -0.1) is 0 Å². The lowest BCUT2D eigenvalue weighted by molar-refractivity contribution is -0.142. The van der Waals surface area contributed by atoms with Crippen molar-refractivity contribution in [3.05, 3.63) is 35.4 Å². The average Bonchev–Trinajstić information content (AvgIpc) is 2.33. The van der Waals surface area contributed by atoms with Gasteiger partial charge in [-0.25, -0.2) is 0 Å². The smallest absolute Gasteiger partial charge is 0.416 e. The van der Waals surface area contributed by atoms with E-state index in [0.717, 1.165) is 25.0 Å². The normalized spacial score (nSPS) is 13.3. The molecule has 0 aliphatic heterocycles. The summed E-state index contributed by atoms with van der Waals surface area (Å²) in [5.74, 6) is -1.43. The first-order valence-electron chi connectivity index (χ1n) is 6.23. The van der Waals surface area contributed by atoms with Gasteiger partial charge >= 0.3 is 12.1 Å². The van der Waals surface area contributed by atoms with Crippen LogP contribution >= 0.6 is 0 Å². The molecule has 1 atom stereocenters. The van der Waals surface area contributed by atoms with Crippen molar-refractivity contribution in [2.45, 2.75) is 38.8 Å². The molecule has 0 radical (unpaired) electrons. The molecule has 1 rings (SSSR count). The number of alkyl halides is 3. The van der Waals surface area contributed by atoms with Crippen LogP contribution in [0.5, 0.6) is 0 Å². The fraction of sp³-hybridized carbons (Fsp3) is 0.500. The predicted molar refractivity (Wildman–Crippen MR) is 65.8 cm³/mol. The Kier molecular flexibility index (Phi) is 5.39. The minimum absolute atomic E-state index is 0.271. The number of carboxylic acid groups (broad SMARTS) is 1. The van der Waals surface area contributed by atoms with E-state index in [1.807, 2.05) is 6.92 Å². The van der Waals surface area contributed by atoms with Gasteiger partial charge < -0.3 is 5.11 Å². The summed E-state index contributed by atoms with van der Waals surface area (Å²) >= 11 is 0. The molecule has 1 aromatic rings. The number of hydrogen-bond acceptors (Lipinski definition) is 1. The maximum absolute atomic E-state index is 12.4. The standard InChI is InChI=1S/C14H17F3O2/c1-2-3-4-11(13(18)19)9-10-5-7-12(8-6-10)14(15,16)17/h5-8,11H,2-4,9H2,1H3,(H,18,19). The van der Waals surface area contributed by atoms with Crippen molar-refractivity contribution in [3.63, 3.8) is 0 Å². The summed E-state index contributed by atoms with van der Waals surface area (Å²) in [5.41, 5.74) is -0.0896. The third-order valence-corrected chi connectivity index (χ3v) is 3.02. The second kappa shape index (κ2) is 6.59. The van der Waals surface area contributed by atoms with E-state index in [9.17, 15) is 18.0 Å². The number of carbonyl (C=O) groups is 1. The summed E-state index contributed by atoms with van der Waals surface area (Å²) in [4.78, 5) is 11.1. The second-order valence-electron chi connectivity index (χ2n) is 4.58. The Balaban J connectivity index is 2.72. The molecule has 5 heteroatoms. The summed E-state index contributed by atoms with van der Waals surface area (Å²) in [6.45, 7) is 1.97. The zero-order valence-corrected chi connectivity index (χ0v) is 10.7. The molecule has 0 bridgehead atoms. The Hall–Kier alpha value is -1.52. The van der Waals surface area contributed by atoms with Crippen LogP contribution in [0.15, 0.2) is 24.3 Å². The predicted octanol–water partition coefficient (Wildman–Crippen LogP) is 4.14. The lowest BCUT2D eigenvalue weighted by Crippen LogP contribution is -2.16. The molecule has 0 amide bonds. The molecule has 2 nitrogen and oxygen atoms in total. The molecule has 0 aliphatic carbocycles. The molecule has 0 heterocycles. The fourth-order valence-corrected chi connectivity index (χ4v) is 1.88. The molecule has 0 aliphatic rings. The van der Waals surface area contributed by atoms with E-state index in [-0.39, 0.29) is 6.42 Å². The average molecular weight is 274 g/mol. The fourth-order valence-electron chi connectivity index (χ4n) is 1.88. The van der Waals surface area contributed by atoms with Crippen molar-refractivity contribution in [3.8, 4) is 0 Å². The van der Waals surface area contributed by atoms with Gasteiger partial charge in [0.05, 0.1) is 11.5 Å². The third kappa shape index (κ3) is 4.93. The Morgan fingerprint density at radius 2 is 1.84 bits per heavy atom. The summed E-state index contributed by atoms with van der Waals surface area (Å²) < 4.78 is 37.1. The van der Waals surface area contributed by atoms with Crippen LogP contribution in [0.3, 0.4) is 0 Å². The number of rotatable bonds is 6. The summed E-state index contributed by atoms with van der Waals surface area (Å²) in [6.07, 6.45) is -1.83. The van der Waals surface area contributed by atoms with Crippen LogP contribution in [0.2, 0.25) is 0 Å². The van der Waals surface area contributed by atoms with Crippen LogP contribution in [-0.2, 0) is 17.4 Å². The van der Waals surface area contributed by atoms with E-state index in [0.29, 0.717) is 12.0 Å². The maximum atomic E-state index is 12.4. The number of aliphatic carboxylic acids is 1. The molecule has 0 saturated carbocycles. The first-order chi connectivity index (χ1) is 8.84. The number of carboxylic acids is 1. The third-order valence-electron chi connectivity index (χ3n) is 3.02. The van der Waals surface area contributed by atoms with Gasteiger partial charge in [-0.3, -0.25) is 4.79 Å². The van der Waals surface area contributed by atoms with Crippen LogP contribution in [0, 0.1) is 5.92 Å². The number of hydrogen-bond donors (Lipinski definition) is 1. The van der Waals surface area contributed by atoms with E-state index in [4.69, 9.17) is 5.11 Å². The first kappa shape index (κ1) is 15.5. The van der Waals surface area contributed by atoms with Crippen molar-refractivity contribution in [2.24, 2.45) is 5.92 Å². The summed E-state index contributed by atoms with van der Waals surface area (Å²) in [6, 6.07) is 4.69. The van der Waals surface area contributed by atoms with Crippen LogP contribution in [0.25, 0.3) is 0 Å². The maximum Gasteiger partial charge on any atom is 0.416 e. The monoisotopic (exact) mass is 274 g/mol. The molecule has 1 unspecified atom stereocenters. The zero-order chi connectivity index (χ0) is 14.5. The molecule has 0 aromatic heterocycles. The highest BCUT2D eigenvalue weighted by molar-refractivity contribution is 5.70. The molecule has 1 aromatic carbocycles. The van der Waals surface area contributed by atoms with E-state index in [1.54, 1.807) is 0 Å². The Morgan fingerprint density at radius 3 is 2.26 bits per heavy atom. The van der Waals surface area contributed by atoms with Crippen LogP contribution in [-0.4, -0.2) is 11.1 Å². The molecular formula is C14H17F3O2. The van der Waals surface area contributed by atoms with Gasteiger partial charge in [-0.2, -0.15) is 13.2 Å². The van der Waals surface area contributed by atoms with Crippen LogP contribution in [0.4, 0.5) is 13.2 Å². The molecule has 106 valence electrons. The quantitative estimate of drug-likeness (QED) is 0.846. The SMILES string of the molecule is CCCCC(Cc1ccc(C(F)(F)F)cc1)C(=O)O. The number of unbranched alkanes of at least 4 members (excludes halogenated alkanes) is 1. The Bertz CT molecular complexity index is 410. The van der Waals surface area contributed by atoms with Crippen molar-refractivity contribution in [1.82, 2.24) is 0 Å². The minimum atomic E-state index is -4.35. The van der Waals surface area contributed by atoms with Crippen LogP contribution < -0.4 is 0 Å². The van der Waals surface area contributed by atoms with Gasteiger partial charge in [-0.1, -0.05) is 31.9 Å². The number of halogens is 3. The van der Waals surface area contributed by atoms with Crippen molar-refractivity contribution < 1.29 is 23.1 Å². The topological polar surface area (TPSA) is 37.3 Å². The Labute approximate surface area is 110 Å². The highest BCUT2D eigenvalue weighted by Gasteiger charge is 2.30. The summed E-state index contributed by atoms with van der Waals surface area (Å²) in [5, 5.41) is 9.07. The van der Waals surface area contributed by atoms with E-state index in [1.165, 1.54) is 12.1 Å². The van der Waals surface area contributed by atoms with Gasteiger partial charge in [-0.05, 0) is 30.5 Å². The lowest BCUT2D eigenvalue weighted by atomic mass is 9.94. The van der Waals surface area contributed by atoms with Crippen molar-refractivity contribution in [2.75, 3.05) is 0 Å². The Morgan fingerprint density at radius 1 is 1.26 bits per heavy atom. The van der Waals surface area contributed by atoms with Gasteiger partial charge in [0.15, 0.2) is 0 Å². The van der Waals surface area contributed by atoms with E-state index >= 15 is 0 Å². The highest BCUT2D eigenvalue weighted by atomic mass is 19.4. The molecular weight excluding hydrogens is 257 g/mol. The molecule has 0 fully saturated rings. The molecule has 1 N–H and O–H groups in total. The van der Waals surface area contributed by atoms with Gasteiger partial charge in [0.25, 0.3) is 0 Å².